The van der Waals surface area contributed by atoms with Crippen LogP contribution in [-0.4, -0.2) is 31.4 Å². The number of nitrogens with zero attached hydrogens (tertiary/aromatic N) is 4. The number of para-hydroxylation sites is 1. The summed E-state index contributed by atoms with van der Waals surface area (Å²) in [6, 6.07) is 16.6. The van der Waals surface area contributed by atoms with Crippen LogP contribution in [0.4, 0.5) is 11.4 Å². The van der Waals surface area contributed by atoms with Gasteiger partial charge in [0, 0.05) is 24.6 Å². The summed E-state index contributed by atoms with van der Waals surface area (Å²) < 4.78 is 8.97. The van der Waals surface area contributed by atoms with Gasteiger partial charge in [-0.15, -0.1) is 0 Å². The molecule has 0 fully saturated rings. The van der Waals surface area contributed by atoms with Gasteiger partial charge >= 0.3 is 0 Å². The number of aryl methyl sites for hydroxylation is 3. The number of carbonyl (C=O) groups excluding carboxylic acids is 2. The molecule has 0 radical (unpaired) electrons. The Hall–Kier alpha value is -4.40. The number of carbonyl (C=O) groups is 2. The molecule has 2 aromatic carbocycles. The van der Waals surface area contributed by atoms with Gasteiger partial charge in [0.15, 0.2) is 18.1 Å². The van der Waals surface area contributed by atoms with Gasteiger partial charge in [-0.1, -0.05) is 30.3 Å². The molecule has 0 aliphatic heterocycles. The number of hydrogen-bond acceptors (Lipinski definition) is 5. The van der Waals surface area contributed by atoms with Gasteiger partial charge in [-0.2, -0.15) is 10.2 Å². The van der Waals surface area contributed by atoms with Crippen molar-refractivity contribution in [2.75, 3.05) is 10.6 Å². The van der Waals surface area contributed by atoms with Crippen LogP contribution in [0.1, 0.15) is 39.0 Å². The van der Waals surface area contributed by atoms with Gasteiger partial charge in [-0.25, -0.2) is 4.68 Å². The quantitative estimate of drug-likeness (QED) is 0.411. The zero-order chi connectivity index (χ0) is 24.1. The van der Waals surface area contributed by atoms with Crippen LogP contribution in [0, 0.1) is 13.8 Å². The second-order valence-electron chi connectivity index (χ2n) is 7.80. The van der Waals surface area contributed by atoms with Crippen molar-refractivity contribution in [1.29, 1.82) is 0 Å². The van der Waals surface area contributed by atoms with Gasteiger partial charge in [0.05, 0.1) is 5.69 Å². The van der Waals surface area contributed by atoms with E-state index in [9.17, 15) is 9.59 Å². The topological polar surface area (TPSA) is 103 Å². The Morgan fingerprint density at radius 3 is 2.50 bits per heavy atom. The summed E-state index contributed by atoms with van der Waals surface area (Å²) in [6.07, 6.45) is 3.29. The monoisotopic (exact) mass is 458 g/mol. The van der Waals surface area contributed by atoms with E-state index >= 15 is 0 Å². The molecule has 0 aliphatic carbocycles. The predicted octanol–water partition coefficient (Wildman–Crippen LogP) is 4.26. The van der Waals surface area contributed by atoms with E-state index in [1.165, 1.54) is 4.68 Å². The molecule has 0 bridgehead atoms. The van der Waals surface area contributed by atoms with Gasteiger partial charge < -0.3 is 15.4 Å². The summed E-state index contributed by atoms with van der Waals surface area (Å²) >= 11 is 0. The summed E-state index contributed by atoms with van der Waals surface area (Å²) in [5.41, 5.74) is 3.38. The Kier molecular flexibility index (Phi) is 6.72. The summed E-state index contributed by atoms with van der Waals surface area (Å²) in [4.78, 5) is 25.6. The fourth-order valence-electron chi connectivity index (χ4n) is 3.29. The van der Waals surface area contributed by atoms with E-state index in [-0.39, 0.29) is 18.1 Å². The van der Waals surface area contributed by atoms with Crippen LogP contribution in [0.2, 0.25) is 0 Å². The lowest BCUT2D eigenvalue weighted by Crippen LogP contribution is -2.18. The molecule has 0 saturated heterocycles. The van der Waals surface area contributed by atoms with Gasteiger partial charge in [-0.05, 0) is 56.2 Å². The molecule has 9 heteroatoms. The van der Waals surface area contributed by atoms with E-state index < -0.39 is 11.8 Å². The minimum Gasteiger partial charge on any atom is -0.471 e. The van der Waals surface area contributed by atoms with Gasteiger partial charge in [-0.3, -0.25) is 14.3 Å². The number of amides is 2. The van der Waals surface area contributed by atoms with Crippen molar-refractivity contribution in [1.82, 2.24) is 19.6 Å². The minimum atomic E-state index is -0.449. The van der Waals surface area contributed by atoms with Crippen LogP contribution in [0.5, 0.6) is 5.75 Å². The van der Waals surface area contributed by atoms with Gasteiger partial charge in [0.1, 0.15) is 5.75 Å². The van der Waals surface area contributed by atoms with E-state index in [2.05, 4.69) is 20.8 Å². The molecule has 9 nitrogen and oxygen atoms in total. The maximum Gasteiger partial charge on any atom is 0.278 e. The predicted molar refractivity (Wildman–Crippen MR) is 129 cm³/mol. The Morgan fingerprint density at radius 1 is 0.941 bits per heavy atom. The van der Waals surface area contributed by atoms with Crippen molar-refractivity contribution in [2.24, 2.45) is 0 Å². The second kappa shape index (κ2) is 10.0. The first kappa shape index (κ1) is 22.8. The van der Waals surface area contributed by atoms with Crippen molar-refractivity contribution in [3.8, 4) is 5.75 Å². The normalized spacial score (nSPS) is 10.7. The lowest BCUT2D eigenvalue weighted by Gasteiger charge is -2.09. The van der Waals surface area contributed by atoms with E-state index in [0.717, 1.165) is 16.9 Å². The first-order valence-corrected chi connectivity index (χ1v) is 10.9. The van der Waals surface area contributed by atoms with E-state index in [1.807, 2.05) is 57.2 Å². The Morgan fingerprint density at radius 2 is 1.74 bits per heavy atom. The van der Waals surface area contributed by atoms with Crippen LogP contribution < -0.4 is 15.4 Å². The molecular weight excluding hydrogens is 432 g/mol. The lowest BCUT2D eigenvalue weighted by molar-refractivity contribution is 0.102. The Bertz CT molecular complexity index is 1310. The average Bonchev–Trinajstić information content (AvgIpc) is 3.47. The molecule has 0 atom stereocenters. The van der Waals surface area contributed by atoms with Gasteiger partial charge in [0.25, 0.3) is 11.8 Å². The Balaban J connectivity index is 1.44. The molecule has 0 spiro atoms. The maximum atomic E-state index is 12.8. The van der Waals surface area contributed by atoms with Crippen molar-refractivity contribution in [2.45, 2.75) is 34.0 Å². The van der Waals surface area contributed by atoms with Crippen molar-refractivity contribution in [3.63, 3.8) is 0 Å². The highest BCUT2D eigenvalue weighted by Gasteiger charge is 2.20. The second-order valence-corrected chi connectivity index (χ2v) is 7.80. The van der Waals surface area contributed by atoms with E-state index in [0.29, 0.717) is 17.9 Å². The largest absolute Gasteiger partial charge is 0.471 e. The third-order valence-corrected chi connectivity index (χ3v) is 5.15. The summed E-state index contributed by atoms with van der Waals surface area (Å²) in [5, 5.41) is 14.1. The summed E-state index contributed by atoms with van der Waals surface area (Å²) in [5.74, 6) is -0.0985. The number of anilines is 2. The standard InChI is InChI=1S/C25H26N6O3/c1-4-30-15-21(23(29-30)25(33)26-19-8-6-5-7-9-19)27-24(32)20-12-13-31(28-20)16-34-22-14-17(2)10-11-18(22)3/h5-15H,4,16H2,1-3H3,(H,26,33)(H,27,32). The van der Waals surface area contributed by atoms with E-state index in [1.54, 1.807) is 35.3 Å². The average molecular weight is 459 g/mol. The first-order valence-electron chi connectivity index (χ1n) is 10.9. The maximum absolute atomic E-state index is 12.8. The number of rotatable bonds is 8. The molecule has 0 aliphatic rings. The number of aromatic nitrogens is 4. The first-order chi connectivity index (χ1) is 16.4. The lowest BCUT2D eigenvalue weighted by atomic mass is 10.1. The molecule has 174 valence electrons. The molecule has 2 heterocycles. The number of nitrogens with one attached hydrogen (secondary N) is 2. The minimum absolute atomic E-state index is 0.122. The zero-order valence-electron chi connectivity index (χ0n) is 19.3. The smallest absolute Gasteiger partial charge is 0.278 e. The molecule has 4 rings (SSSR count). The fourth-order valence-corrected chi connectivity index (χ4v) is 3.29. The highest BCUT2D eigenvalue weighted by Crippen LogP contribution is 2.20. The highest BCUT2D eigenvalue weighted by atomic mass is 16.5. The van der Waals surface area contributed by atoms with Crippen LogP contribution in [0.3, 0.4) is 0 Å². The number of benzene rings is 2. The van der Waals surface area contributed by atoms with Crippen molar-refractivity contribution < 1.29 is 14.3 Å². The third kappa shape index (κ3) is 5.32. The molecule has 0 saturated carbocycles. The SMILES string of the molecule is CCn1cc(NC(=O)c2ccn(COc3cc(C)ccc3C)n2)c(C(=O)Nc2ccccc2)n1. The van der Waals surface area contributed by atoms with Crippen molar-refractivity contribution >= 4 is 23.2 Å². The van der Waals surface area contributed by atoms with Crippen molar-refractivity contribution in [3.05, 3.63) is 89.5 Å². The van der Waals surface area contributed by atoms with E-state index in [4.69, 9.17) is 4.74 Å². The van der Waals surface area contributed by atoms with Gasteiger partial charge in [0.2, 0.25) is 0 Å². The van der Waals surface area contributed by atoms with Crippen LogP contribution in [-0.2, 0) is 13.3 Å². The van der Waals surface area contributed by atoms with Crippen LogP contribution in [0.15, 0.2) is 67.0 Å². The van der Waals surface area contributed by atoms with Crippen LogP contribution in [0.25, 0.3) is 0 Å². The molecule has 2 amide bonds. The number of hydrogen-bond donors (Lipinski definition) is 2. The summed E-state index contributed by atoms with van der Waals surface area (Å²) in [7, 11) is 0. The highest BCUT2D eigenvalue weighted by molar-refractivity contribution is 6.10. The fraction of sp³-hybridized carbons (Fsp3) is 0.200. The Labute approximate surface area is 197 Å². The molecule has 34 heavy (non-hydrogen) atoms. The molecular formula is C25H26N6O3. The molecule has 0 unspecified atom stereocenters. The molecule has 2 aromatic heterocycles. The molecule has 2 N–H and O–H groups in total. The third-order valence-electron chi connectivity index (χ3n) is 5.15. The van der Waals surface area contributed by atoms with Crippen LogP contribution >= 0.6 is 0 Å². The number of ether oxygens (including phenoxy) is 1. The molecule has 4 aromatic rings. The summed E-state index contributed by atoms with van der Waals surface area (Å²) in [6.45, 7) is 6.58. The zero-order valence-corrected chi connectivity index (χ0v) is 19.3.